The largest absolute Gasteiger partial charge is 0.491 e. The van der Waals surface area contributed by atoms with E-state index in [2.05, 4.69) is 9.97 Å². The molecule has 1 aliphatic heterocycles. The lowest BCUT2D eigenvalue weighted by Gasteiger charge is -2.18. The summed E-state index contributed by atoms with van der Waals surface area (Å²) in [6.45, 7) is 0.324. The Hall–Kier alpha value is -3.25. The van der Waals surface area contributed by atoms with Crippen LogP contribution in [0.15, 0.2) is 78.0 Å². The smallest absolute Gasteiger partial charge is 0.143 e. The van der Waals surface area contributed by atoms with Gasteiger partial charge in [0, 0.05) is 29.2 Å². The standard InChI is InChI=1S/C23H17FN2O2S/c24-19-12-17(13-21-23(19)29(27)11-10-28-21)20-14-18(15-6-8-25-9-7-15)22(26-20)16-4-2-1-3-5-16/h1-9,12-14,26H,10-11H2. The summed E-state index contributed by atoms with van der Waals surface area (Å²) >= 11 is 0. The van der Waals surface area contributed by atoms with Crippen molar-refractivity contribution in [2.24, 2.45) is 0 Å². The number of aromatic amines is 1. The number of pyridine rings is 1. The Balaban J connectivity index is 1.68. The third-order valence-electron chi connectivity index (χ3n) is 4.95. The molecule has 0 saturated heterocycles. The molecule has 0 aliphatic carbocycles. The molecule has 0 amide bonds. The summed E-state index contributed by atoms with van der Waals surface area (Å²) in [6, 6.07) is 19.0. The number of nitrogens with one attached hydrogen (secondary N) is 1. The third-order valence-corrected chi connectivity index (χ3v) is 6.33. The van der Waals surface area contributed by atoms with Gasteiger partial charge < -0.3 is 9.72 Å². The molecule has 1 N–H and O–H groups in total. The van der Waals surface area contributed by atoms with Gasteiger partial charge in [0.05, 0.1) is 22.2 Å². The van der Waals surface area contributed by atoms with Crippen LogP contribution < -0.4 is 4.74 Å². The predicted octanol–water partition coefficient (Wildman–Crippen LogP) is 5.05. The zero-order valence-corrected chi connectivity index (χ0v) is 16.2. The highest BCUT2D eigenvalue weighted by Gasteiger charge is 2.24. The molecule has 0 spiro atoms. The molecule has 1 unspecified atom stereocenters. The van der Waals surface area contributed by atoms with Crippen LogP contribution in [0.4, 0.5) is 4.39 Å². The fourth-order valence-corrected chi connectivity index (χ4v) is 4.64. The van der Waals surface area contributed by atoms with Crippen molar-refractivity contribution in [3.63, 3.8) is 0 Å². The van der Waals surface area contributed by atoms with Gasteiger partial charge in [-0.25, -0.2) is 4.39 Å². The number of benzene rings is 2. The monoisotopic (exact) mass is 404 g/mol. The number of nitrogens with zero attached hydrogens (tertiary/aromatic N) is 1. The summed E-state index contributed by atoms with van der Waals surface area (Å²) in [4.78, 5) is 7.70. The molecule has 1 atom stereocenters. The van der Waals surface area contributed by atoms with Crippen LogP contribution in [0.5, 0.6) is 5.75 Å². The van der Waals surface area contributed by atoms with Crippen molar-refractivity contribution in [1.29, 1.82) is 0 Å². The summed E-state index contributed by atoms with van der Waals surface area (Å²) in [5.74, 6) is 0.165. The van der Waals surface area contributed by atoms with Gasteiger partial charge in [0.15, 0.2) is 0 Å². The summed E-state index contributed by atoms with van der Waals surface area (Å²) in [5, 5.41) is 0. The minimum atomic E-state index is -1.37. The molecule has 29 heavy (non-hydrogen) atoms. The molecule has 0 saturated carbocycles. The van der Waals surface area contributed by atoms with E-state index in [0.29, 0.717) is 23.7 Å². The number of hydrogen-bond acceptors (Lipinski definition) is 3. The SMILES string of the molecule is O=S1CCOc2cc(-c3cc(-c4ccncc4)c(-c4ccccc4)[nH]3)cc(F)c21. The Morgan fingerprint density at radius 3 is 2.55 bits per heavy atom. The van der Waals surface area contributed by atoms with Gasteiger partial charge in [0.2, 0.25) is 0 Å². The highest BCUT2D eigenvalue weighted by atomic mass is 32.2. The molecule has 5 rings (SSSR count). The van der Waals surface area contributed by atoms with E-state index in [9.17, 15) is 8.60 Å². The normalized spacial score (nSPS) is 15.6. The van der Waals surface area contributed by atoms with Crippen molar-refractivity contribution in [2.75, 3.05) is 12.4 Å². The first-order chi connectivity index (χ1) is 14.2. The molecule has 1 aliphatic rings. The molecule has 2 aromatic heterocycles. The van der Waals surface area contributed by atoms with E-state index in [0.717, 1.165) is 28.1 Å². The van der Waals surface area contributed by atoms with Gasteiger partial charge in [-0.15, -0.1) is 0 Å². The van der Waals surface area contributed by atoms with E-state index in [1.807, 2.05) is 48.5 Å². The topological polar surface area (TPSA) is 55.0 Å². The summed E-state index contributed by atoms with van der Waals surface area (Å²) in [7, 11) is -1.37. The minimum Gasteiger partial charge on any atom is -0.491 e. The van der Waals surface area contributed by atoms with Gasteiger partial charge in [-0.2, -0.15) is 0 Å². The fraction of sp³-hybridized carbons (Fsp3) is 0.0870. The van der Waals surface area contributed by atoms with Crippen molar-refractivity contribution in [3.05, 3.63) is 78.9 Å². The number of halogens is 1. The Morgan fingerprint density at radius 2 is 1.76 bits per heavy atom. The van der Waals surface area contributed by atoms with Crippen LogP contribution in [-0.2, 0) is 10.8 Å². The predicted molar refractivity (Wildman–Crippen MR) is 112 cm³/mol. The molecular weight excluding hydrogens is 387 g/mol. The molecule has 0 radical (unpaired) electrons. The fourth-order valence-electron chi connectivity index (χ4n) is 3.58. The van der Waals surface area contributed by atoms with E-state index < -0.39 is 16.6 Å². The highest BCUT2D eigenvalue weighted by Crippen LogP contribution is 2.39. The second kappa shape index (κ2) is 7.29. The summed E-state index contributed by atoms with van der Waals surface area (Å²) in [5.41, 5.74) is 5.39. The average molecular weight is 404 g/mol. The Bertz CT molecular complexity index is 1150. The van der Waals surface area contributed by atoms with Crippen LogP contribution in [0.1, 0.15) is 0 Å². The highest BCUT2D eigenvalue weighted by molar-refractivity contribution is 7.85. The van der Waals surface area contributed by atoms with E-state index >= 15 is 0 Å². The van der Waals surface area contributed by atoms with Gasteiger partial charge in [-0.3, -0.25) is 9.19 Å². The Kier molecular flexibility index (Phi) is 4.48. The van der Waals surface area contributed by atoms with Crippen LogP contribution >= 0.6 is 0 Å². The number of rotatable bonds is 3. The quantitative estimate of drug-likeness (QED) is 0.520. The van der Waals surface area contributed by atoms with E-state index in [4.69, 9.17) is 4.74 Å². The lowest BCUT2D eigenvalue weighted by molar-refractivity contribution is 0.322. The molecule has 4 nitrogen and oxygen atoms in total. The molecule has 0 fully saturated rings. The van der Waals surface area contributed by atoms with Crippen molar-refractivity contribution >= 4 is 10.8 Å². The number of aromatic nitrogens is 2. The van der Waals surface area contributed by atoms with Gasteiger partial charge in [-0.05, 0) is 41.5 Å². The number of fused-ring (bicyclic) bond motifs is 1. The van der Waals surface area contributed by atoms with Gasteiger partial charge in [0.1, 0.15) is 23.1 Å². The molecule has 6 heteroatoms. The number of ether oxygens (including phenoxy) is 1. The maximum atomic E-state index is 14.7. The van der Waals surface area contributed by atoms with Crippen molar-refractivity contribution in [2.45, 2.75) is 4.90 Å². The molecular formula is C23H17FN2O2S. The molecule has 0 bridgehead atoms. The van der Waals surface area contributed by atoms with Crippen LogP contribution in [0.3, 0.4) is 0 Å². The zero-order valence-electron chi connectivity index (χ0n) is 15.4. The first-order valence-electron chi connectivity index (χ1n) is 9.24. The lowest BCUT2D eigenvalue weighted by Crippen LogP contribution is -2.17. The van der Waals surface area contributed by atoms with Gasteiger partial charge in [-0.1, -0.05) is 30.3 Å². The first-order valence-corrected chi connectivity index (χ1v) is 10.6. The average Bonchev–Trinajstić information content (AvgIpc) is 3.20. The maximum absolute atomic E-state index is 14.7. The van der Waals surface area contributed by atoms with Crippen LogP contribution in [0.25, 0.3) is 33.6 Å². The van der Waals surface area contributed by atoms with Gasteiger partial charge >= 0.3 is 0 Å². The first kappa shape index (κ1) is 17.8. The molecule has 144 valence electrons. The Morgan fingerprint density at radius 1 is 0.966 bits per heavy atom. The Labute approximate surface area is 169 Å². The second-order valence-electron chi connectivity index (χ2n) is 6.76. The summed E-state index contributed by atoms with van der Waals surface area (Å²) < 4.78 is 32.5. The van der Waals surface area contributed by atoms with Crippen molar-refractivity contribution < 1.29 is 13.3 Å². The lowest BCUT2D eigenvalue weighted by atomic mass is 10.0. The zero-order chi connectivity index (χ0) is 19.8. The molecule has 3 heterocycles. The van der Waals surface area contributed by atoms with E-state index in [1.54, 1.807) is 18.5 Å². The van der Waals surface area contributed by atoms with Crippen LogP contribution in [-0.4, -0.2) is 26.5 Å². The van der Waals surface area contributed by atoms with Crippen molar-refractivity contribution in [1.82, 2.24) is 9.97 Å². The minimum absolute atomic E-state index is 0.157. The summed E-state index contributed by atoms with van der Waals surface area (Å²) in [6.07, 6.45) is 3.50. The van der Waals surface area contributed by atoms with E-state index in [1.165, 1.54) is 6.07 Å². The van der Waals surface area contributed by atoms with Crippen LogP contribution in [0.2, 0.25) is 0 Å². The van der Waals surface area contributed by atoms with Gasteiger partial charge in [0.25, 0.3) is 0 Å². The second-order valence-corrected chi connectivity index (χ2v) is 8.26. The third kappa shape index (κ3) is 3.25. The number of hydrogen-bond donors (Lipinski definition) is 1. The van der Waals surface area contributed by atoms with Crippen LogP contribution in [0, 0.1) is 5.82 Å². The van der Waals surface area contributed by atoms with Crippen molar-refractivity contribution in [3.8, 4) is 39.4 Å². The molecule has 4 aromatic rings. The molecule has 2 aromatic carbocycles. The maximum Gasteiger partial charge on any atom is 0.143 e. The number of H-pyrrole nitrogens is 1. The van der Waals surface area contributed by atoms with E-state index in [-0.39, 0.29) is 4.90 Å².